The number of aromatic nitrogens is 4. The van der Waals surface area contributed by atoms with E-state index in [0.29, 0.717) is 5.69 Å². The van der Waals surface area contributed by atoms with Gasteiger partial charge in [-0.2, -0.15) is 0 Å². The number of para-hydroxylation sites is 5. The molecule has 0 amide bonds. The van der Waals surface area contributed by atoms with Gasteiger partial charge in [0, 0.05) is 87.6 Å². The molecular weight excluding hydrogens is 1310 g/mol. The van der Waals surface area contributed by atoms with Gasteiger partial charge in [-0.15, -0.1) is 0 Å². The van der Waals surface area contributed by atoms with Crippen molar-refractivity contribution in [3.63, 3.8) is 0 Å². The summed E-state index contributed by atoms with van der Waals surface area (Å²) >= 11 is 0. The van der Waals surface area contributed by atoms with E-state index in [2.05, 4.69) is 336 Å². The lowest BCUT2D eigenvalue weighted by atomic mass is 9.33. The minimum absolute atomic E-state index is 0.0115. The van der Waals surface area contributed by atoms with Crippen LogP contribution in [0.3, 0.4) is 0 Å². The van der Waals surface area contributed by atoms with E-state index in [0.717, 1.165) is 165 Å². The minimum atomic E-state index is -0.504. The van der Waals surface area contributed by atoms with Crippen LogP contribution in [0.4, 0.5) is 17.1 Å². The fraction of sp³-hybridized carbons (Fsp3) is 0.118. The van der Waals surface area contributed by atoms with Crippen LogP contribution in [-0.4, -0.2) is 24.8 Å². The third-order valence-corrected chi connectivity index (χ3v) is 23.8. The average Bonchev–Trinajstić information content (AvgIpc) is 1.38. The summed E-state index contributed by atoms with van der Waals surface area (Å²) in [4.78, 5) is 2.54. The predicted octanol–water partition coefficient (Wildman–Crippen LogP) is 25.4. The van der Waals surface area contributed by atoms with E-state index in [1.807, 2.05) is 6.07 Å². The summed E-state index contributed by atoms with van der Waals surface area (Å²) in [7, 11) is 0. The molecule has 6 heteroatoms. The van der Waals surface area contributed by atoms with Crippen LogP contribution in [0.25, 0.3) is 164 Å². The van der Waals surface area contributed by atoms with Gasteiger partial charge in [-0.25, -0.2) is 0 Å². The van der Waals surface area contributed by atoms with E-state index in [9.17, 15) is 11.0 Å². The van der Waals surface area contributed by atoms with Crippen LogP contribution in [0.2, 0.25) is 0 Å². The van der Waals surface area contributed by atoms with Crippen LogP contribution in [0, 0.1) is 0 Å². The molecule has 15 aromatic carbocycles. The summed E-state index contributed by atoms with van der Waals surface area (Å²) < 4.78 is 85.9. The molecule has 2 aliphatic heterocycles. The molecule has 22 rings (SSSR count). The molecule has 0 fully saturated rings. The molecular formula is C102H78BN5. The zero-order valence-electron chi connectivity index (χ0n) is 69.6. The SMILES string of the molecule is [2H]c1c([2H])c([2H])c2c(c1[2H])c1c([2H])c([2H])c([2H])c([2H])c1n2-c1ccc2c(c1)N(c1c(-c3ccccc3)cc(C(C)(C)C)cc1-c1ccccc1)c1c3c(cc4c1c1cccc5c6ccccc6c6ccccc6c6ccccc6n4c51)-n1c4cccc(-n5c6ccc(C(C)(C)C)cc6c6cc(C(C)(C)C)ccc65)c4c4cccc(c41)B23. The first-order valence-corrected chi connectivity index (χ1v) is 37.7. The van der Waals surface area contributed by atoms with Crippen molar-refractivity contribution >= 4 is 165 Å². The predicted molar refractivity (Wildman–Crippen MR) is 463 cm³/mol. The van der Waals surface area contributed by atoms with Crippen LogP contribution in [-0.2, 0) is 16.2 Å². The maximum atomic E-state index is 9.99. The highest BCUT2D eigenvalue weighted by Crippen LogP contribution is 2.55. The number of anilines is 3. The summed E-state index contributed by atoms with van der Waals surface area (Å²) in [6.07, 6.45) is 0. The lowest BCUT2D eigenvalue weighted by Gasteiger charge is -2.42. The van der Waals surface area contributed by atoms with Crippen LogP contribution in [0.15, 0.2) is 309 Å². The molecule has 0 saturated carbocycles. The van der Waals surface area contributed by atoms with Gasteiger partial charge in [-0.1, -0.05) is 287 Å². The Morgan fingerprint density at radius 2 is 0.787 bits per heavy atom. The summed E-state index contributed by atoms with van der Waals surface area (Å²) in [5, 5.41) is 13.2. The summed E-state index contributed by atoms with van der Waals surface area (Å²) in [5.41, 5.74) is 22.6. The molecule has 0 saturated heterocycles. The first kappa shape index (κ1) is 54.9. The van der Waals surface area contributed by atoms with E-state index >= 15 is 0 Å². The van der Waals surface area contributed by atoms with E-state index in [-0.39, 0.29) is 50.1 Å². The van der Waals surface area contributed by atoms with Crippen molar-refractivity contribution < 1.29 is 11.0 Å². The molecule has 5 nitrogen and oxygen atoms in total. The zero-order valence-corrected chi connectivity index (χ0v) is 61.6. The van der Waals surface area contributed by atoms with Gasteiger partial charge in [0.25, 0.3) is 6.71 Å². The first-order chi connectivity index (χ1) is 55.9. The lowest BCUT2D eigenvalue weighted by molar-refractivity contribution is 0.590. The van der Waals surface area contributed by atoms with Crippen LogP contribution >= 0.6 is 0 Å². The third kappa shape index (κ3) is 8.77. The lowest BCUT2D eigenvalue weighted by Crippen LogP contribution is -2.60. The summed E-state index contributed by atoms with van der Waals surface area (Å²) in [6.45, 7) is 20.1. The van der Waals surface area contributed by atoms with Crippen LogP contribution < -0.4 is 21.3 Å². The molecule has 108 heavy (non-hydrogen) atoms. The minimum Gasteiger partial charge on any atom is -0.310 e. The van der Waals surface area contributed by atoms with E-state index in [1.54, 1.807) is 4.57 Å². The van der Waals surface area contributed by atoms with Gasteiger partial charge in [0.05, 0.1) is 72.2 Å². The Morgan fingerprint density at radius 1 is 0.287 bits per heavy atom. The molecule has 7 heterocycles. The van der Waals surface area contributed by atoms with Crippen molar-refractivity contribution in [3.8, 4) is 39.3 Å². The highest BCUT2D eigenvalue weighted by atomic mass is 15.2. The summed E-state index contributed by atoms with van der Waals surface area (Å²) in [5.74, 6) is 0. The Balaban J connectivity index is 0.996. The fourth-order valence-electron chi connectivity index (χ4n) is 18.8. The Bertz CT molecular complexity index is 7670. The average molecular weight is 1390 g/mol. The number of hydrogen-bond donors (Lipinski definition) is 0. The number of nitrogens with zero attached hydrogens (tertiary/aromatic N) is 5. The van der Waals surface area contributed by atoms with Crippen molar-refractivity contribution in [3.05, 3.63) is 326 Å². The van der Waals surface area contributed by atoms with Gasteiger partial charge in [-0.05, 0) is 167 Å². The molecule has 0 radical (unpaired) electrons. The quantitative estimate of drug-likeness (QED) is 0.157. The number of benzene rings is 15. The Hall–Kier alpha value is -12.6. The second-order valence-corrected chi connectivity index (χ2v) is 32.9. The van der Waals surface area contributed by atoms with E-state index in [4.69, 9.17) is 0 Å². The summed E-state index contributed by atoms with van der Waals surface area (Å²) in [6, 6.07) is 93.0. The van der Waals surface area contributed by atoms with Crippen LogP contribution in [0.1, 0.15) is 90.0 Å². The van der Waals surface area contributed by atoms with Gasteiger partial charge >= 0.3 is 0 Å². The highest BCUT2D eigenvalue weighted by molar-refractivity contribution is 7.00. The third-order valence-electron chi connectivity index (χ3n) is 23.8. The molecule has 20 aromatic rings. The first-order valence-electron chi connectivity index (χ1n) is 41.7. The van der Waals surface area contributed by atoms with Crippen molar-refractivity contribution in [1.29, 1.82) is 0 Å². The van der Waals surface area contributed by atoms with Gasteiger partial charge in [0.15, 0.2) is 0 Å². The highest BCUT2D eigenvalue weighted by Gasteiger charge is 2.46. The standard InChI is InChI=1S/C102H78BN5/c1-100(2,3)63-49-53-86-79(55-63)80-56-64(101(4,5)6)50-54-87(80)105(86)88-47-28-48-89-93(88)75-42-27-43-82-98(75)107(89)92-60-91-94(76-41-26-40-74-70-36-19-17-34-68(70)67-33-16-18-35-69(67)71-37-20-25-46-85(71)106(91)96(74)76)99-95(92)103(82)81-52-51-66(104-83-44-23-21-38-72(83)73-39-22-24-45-84(73)104)59-90(81)108(99)97-77(61-29-12-10-13-30-61)57-65(102(7,8)9)58-78(97)62-31-14-11-15-32-62/h10-60H,1-9H3/i21D,22D,23D,24D,38D,39D,44D,45D. The molecule has 514 valence electrons. The van der Waals surface area contributed by atoms with Crippen LogP contribution in [0.5, 0.6) is 0 Å². The van der Waals surface area contributed by atoms with Gasteiger partial charge in [0.1, 0.15) is 0 Å². The molecule has 5 aromatic heterocycles. The Kier molecular flexibility index (Phi) is 11.4. The van der Waals surface area contributed by atoms with E-state index < -0.39 is 43.0 Å². The Morgan fingerprint density at radius 3 is 1.39 bits per heavy atom. The second-order valence-electron chi connectivity index (χ2n) is 32.9. The Labute approximate surface area is 639 Å². The zero-order chi connectivity index (χ0) is 79.5. The van der Waals surface area contributed by atoms with Crippen molar-refractivity contribution in [2.75, 3.05) is 4.90 Å². The van der Waals surface area contributed by atoms with Crippen molar-refractivity contribution in [1.82, 2.24) is 18.1 Å². The number of rotatable bonds is 5. The monoisotopic (exact) mass is 1390 g/mol. The van der Waals surface area contributed by atoms with Gasteiger partial charge in [-0.3, -0.25) is 0 Å². The molecule has 0 spiro atoms. The topological polar surface area (TPSA) is 22.4 Å². The largest absolute Gasteiger partial charge is 0.310 e. The van der Waals surface area contributed by atoms with Gasteiger partial charge < -0.3 is 23.0 Å². The molecule has 0 atom stereocenters. The van der Waals surface area contributed by atoms with Crippen molar-refractivity contribution in [2.45, 2.75) is 78.6 Å². The molecule has 2 aliphatic rings. The smallest absolute Gasteiger partial charge is 0.252 e. The maximum absolute atomic E-state index is 9.99. The second kappa shape index (κ2) is 22.5. The molecule has 0 aliphatic carbocycles. The fourth-order valence-corrected chi connectivity index (χ4v) is 18.8. The number of fused-ring (bicyclic) bond motifs is 24. The maximum Gasteiger partial charge on any atom is 0.252 e. The van der Waals surface area contributed by atoms with Crippen molar-refractivity contribution in [2.24, 2.45) is 0 Å². The van der Waals surface area contributed by atoms with E-state index in [1.165, 1.54) is 21.9 Å². The van der Waals surface area contributed by atoms with Gasteiger partial charge in [0.2, 0.25) is 0 Å². The number of hydrogen-bond acceptors (Lipinski definition) is 1. The normalized spacial score (nSPS) is 14.2. The molecule has 0 bridgehead atoms. The molecule has 0 N–H and O–H groups in total. The molecule has 0 unspecified atom stereocenters.